The number of anilines is 1. The van der Waals surface area contributed by atoms with E-state index in [1.165, 1.54) is 11.1 Å². The number of hydrogen-bond acceptors (Lipinski definition) is 3. The van der Waals surface area contributed by atoms with Gasteiger partial charge in [-0.15, -0.1) is 0 Å². The molecule has 3 rings (SSSR count). The first kappa shape index (κ1) is 18.3. The molecule has 26 heavy (non-hydrogen) atoms. The van der Waals surface area contributed by atoms with Crippen LogP contribution in [-0.4, -0.2) is 55.7 Å². The van der Waals surface area contributed by atoms with Crippen molar-refractivity contribution in [1.29, 1.82) is 0 Å². The number of methoxy groups -OCH3 is 1. The fourth-order valence-corrected chi connectivity index (χ4v) is 3.20. The molecule has 0 atom stereocenters. The minimum Gasteiger partial charge on any atom is -0.496 e. The van der Waals surface area contributed by atoms with Crippen molar-refractivity contribution in [2.24, 2.45) is 0 Å². The summed E-state index contributed by atoms with van der Waals surface area (Å²) in [7, 11) is 1.71. The Bertz CT molecular complexity index is 722. The van der Waals surface area contributed by atoms with E-state index < -0.39 is 0 Å². The number of rotatable bonds is 5. The average Bonchev–Trinajstić information content (AvgIpc) is 2.68. The third kappa shape index (κ3) is 4.76. The molecule has 2 amide bonds. The molecule has 1 heterocycles. The molecule has 0 unspecified atom stereocenters. The van der Waals surface area contributed by atoms with Crippen LogP contribution in [0.1, 0.15) is 11.1 Å². The van der Waals surface area contributed by atoms with E-state index in [4.69, 9.17) is 4.74 Å². The van der Waals surface area contributed by atoms with E-state index in [-0.39, 0.29) is 6.03 Å². The molecule has 1 N–H and O–H groups in total. The zero-order valence-corrected chi connectivity index (χ0v) is 15.6. The molecule has 2 aromatic rings. The fourth-order valence-electron chi connectivity index (χ4n) is 3.20. The Morgan fingerprint density at radius 2 is 1.73 bits per heavy atom. The normalized spacial score (nSPS) is 14.9. The van der Waals surface area contributed by atoms with E-state index >= 15 is 0 Å². The molecule has 0 aliphatic carbocycles. The first-order chi connectivity index (χ1) is 12.7. The zero-order chi connectivity index (χ0) is 18.4. The van der Waals surface area contributed by atoms with Crippen LogP contribution in [0.3, 0.4) is 0 Å². The SMILES string of the molecule is COc1ccccc1CCN1CCN(C(=O)Nc2ccc(C)cc2)CC1. The molecule has 0 aromatic heterocycles. The molecule has 0 spiro atoms. The number of carbonyl (C=O) groups is 1. The van der Waals surface area contributed by atoms with Crippen LogP contribution >= 0.6 is 0 Å². The molecule has 0 bridgehead atoms. The molecule has 138 valence electrons. The molecule has 1 aliphatic rings. The summed E-state index contributed by atoms with van der Waals surface area (Å²) in [6, 6.07) is 16.0. The second-order valence-corrected chi connectivity index (χ2v) is 6.69. The molecule has 0 saturated carbocycles. The van der Waals surface area contributed by atoms with Crippen molar-refractivity contribution >= 4 is 11.7 Å². The standard InChI is InChI=1S/C21H27N3O2/c1-17-7-9-19(10-8-17)22-21(25)24-15-13-23(14-16-24)12-11-18-5-3-4-6-20(18)26-2/h3-10H,11-16H2,1-2H3,(H,22,25). The largest absolute Gasteiger partial charge is 0.496 e. The lowest BCUT2D eigenvalue weighted by atomic mass is 10.1. The predicted molar refractivity (Wildman–Crippen MR) is 105 cm³/mol. The van der Waals surface area contributed by atoms with Crippen molar-refractivity contribution < 1.29 is 9.53 Å². The predicted octanol–water partition coefficient (Wildman–Crippen LogP) is 3.40. The highest BCUT2D eigenvalue weighted by molar-refractivity contribution is 5.89. The third-order valence-corrected chi connectivity index (χ3v) is 4.85. The molecular formula is C21H27N3O2. The fraction of sp³-hybridized carbons (Fsp3) is 0.381. The second-order valence-electron chi connectivity index (χ2n) is 6.69. The highest BCUT2D eigenvalue weighted by Crippen LogP contribution is 2.18. The van der Waals surface area contributed by atoms with Gasteiger partial charge in [-0.2, -0.15) is 0 Å². The average molecular weight is 353 g/mol. The third-order valence-electron chi connectivity index (χ3n) is 4.85. The summed E-state index contributed by atoms with van der Waals surface area (Å²) >= 11 is 0. The quantitative estimate of drug-likeness (QED) is 0.896. The van der Waals surface area contributed by atoms with Gasteiger partial charge in [0, 0.05) is 38.4 Å². The van der Waals surface area contributed by atoms with Crippen LogP contribution in [0, 0.1) is 6.92 Å². The van der Waals surface area contributed by atoms with Gasteiger partial charge in [0.25, 0.3) is 0 Å². The number of carbonyl (C=O) groups excluding carboxylic acids is 1. The van der Waals surface area contributed by atoms with Crippen molar-refractivity contribution in [1.82, 2.24) is 9.80 Å². The molecular weight excluding hydrogens is 326 g/mol. The van der Waals surface area contributed by atoms with Gasteiger partial charge in [-0.25, -0.2) is 4.79 Å². The van der Waals surface area contributed by atoms with Gasteiger partial charge in [0.1, 0.15) is 5.75 Å². The van der Waals surface area contributed by atoms with E-state index in [2.05, 4.69) is 16.3 Å². The Kier molecular flexibility index (Phi) is 6.12. The Labute approximate surface area is 155 Å². The van der Waals surface area contributed by atoms with Crippen LogP contribution in [0.2, 0.25) is 0 Å². The monoisotopic (exact) mass is 353 g/mol. The smallest absolute Gasteiger partial charge is 0.321 e. The van der Waals surface area contributed by atoms with Crippen molar-refractivity contribution in [3.8, 4) is 5.75 Å². The minimum atomic E-state index is -0.0155. The second kappa shape index (κ2) is 8.72. The van der Waals surface area contributed by atoms with Crippen molar-refractivity contribution in [3.63, 3.8) is 0 Å². The number of hydrogen-bond donors (Lipinski definition) is 1. The lowest BCUT2D eigenvalue weighted by Gasteiger charge is -2.34. The van der Waals surface area contributed by atoms with Gasteiger partial charge < -0.3 is 15.0 Å². The number of para-hydroxylation sites is 1. The van der Waals surface area contributed by atoms with Gasteiger partial charge in [-0.05, 0) is 37.1 Å². The Hall–Kier alpha value is -2.53. The maximum atomic E-state index is 12.4. The summed E-state index contributed by atoms with van der Waals surface area (Å²) in [5.74, 6) is 0.948. The Morgan fingerprint density at radius 1 is 1.04 bits per heavy atom. The van der Waals surface area contributed by atoms with Crippen molar-refractivity contribution in [2.45, 2.75) is 13.3 Å². The first-order valence-electron chi connectivity index (χ1n) is 9.12. The summed E-state index contributed by atoms with van der Waals surface area (Å²) in [6.45, 7) is 6.32. The highest BCUT2D eigenvalue weighted by Gasteiger charge is 2.21. The van der Waals surface area contributed by atoms with Gasteiger partial charge >= 0.3 is 6.03 Å². The molecule has 0 radical (unpaired) electrons. The van der Waals surface area contributed by atoms with Crippen LogP contribution in [-0.2, 0) is 6.42 Å². The molecule has 5 nitrogen and oxygen atoms in total. The Morgan fingerprint density at radius 3 is 2.42 bits per heavy atom. The maximum Gasteiger partial charge on any atom is 0.321 e. The van der Waals surface area contributed by atoms with Gasteiger partial charge in [0.2, 0.25) is 0 Å². The number of nitrogens with one attached hydrogen (secondary N) is 1. The van der Waals surface area contributed by atoms with Gasteiger partial charge in [0.05, 0.1) is 7.11 Å². The number of urea groups is 1. The summed E-state index contributed by atoms with van der Waals surface area (Å²) in [6.07, 6.45) is 0.958. The number of amides is 2. The highest BCUT2D eigenvalue weighted by atomic mass is 16.5. The van der Waals surface area contributed by atoms with Crippen LogP contribution in [0.25, 0.3) is 0 Å². The number of aryl methyl sites for hydroxylation is 1. The number of ether oxygens (including phenoxy) is 1. The lowest BCUT2D eigenvalue weighted by Crippen LogP contribution is -2.50. The number of piperazine rings is 1. The number of nitrogens with zero attached hydrogens (tertiary/aromatic N) is 2. The van der Waals surface area contributed by atoms with E-state index in [1.54, 1.807) is 7.11 Å². The molecule has 1 fully saturated rings. The Balaban J connectivity index is 1.45. The van der Waals surface area contributed by atoms with E-state index in [0.717, 1.165) is 50.6 Å². The van der Waals surface area contributed by atoms with Crippen LogP contribution in [0.4, 0.5) is 10.5 Å². The van der Waals surface area contributed by atoms with Gasteiger partial charge in [0.15, 0.2) is 0 Å². The summed E-state index contributed by atoms with van der Waals surface area (Å²) in [5, 5.41) is 2.98. The topological polar surface area (TPSA) is 44.8 Å². The summed E-state index contributed by atoms with van der Waals surface area (Å²) in [4.78, 5) is 16.7. The zero-order valence-electron chi connectivity index (χ0n) is 15.6. The summed E-state index contributed by atoms with van der Waals surface area (Å²) < 4.78 is 5.42. The van der Waals surface area contributed by atoms with E-state index in [9.17, 15) is 4.79 Å². The lowest BCUT2D eigenvalue weighted by molar-refractivity contribution is 0.148. The van der Waals surface area contributed by atoms with Crippen LogP contribution < -0.4 is 10.1 Å². The van der Waals surface area contributed by atoms with Crippen LogP contribution in [0.5, 0.6) is 5.75 Å². The molecule has 1 saturated heterocycles. The first-order valence-corrected chi connectivity index (χ1v) is 9.12. The maximum absolute atomic E-state index is 12.4. The molecule has 1 aliphatic heterocycles. The van der Waals surface area contributed by atoms with E-state index in [0.29, 0.717) is 0 Å². The number of benzene rings is 2. The van der Waals surface area contributed by atoms with Gasteiger partial charge in [-0.1, -0.05) is 35.9 Å². The van der Waals surface area contributed by atoms with Crippen molar-refractivity contribution in [2.75, 3.05) is 45.2 Å². The molecule has 2 aromatic carbocycles. The van der Waals surface area contributed by atoms with Crippen molar-refractivity contribution in [3.05, 3.63) is 59.7 Å². The van der Waals surface area contributed by atoms with Crippen LogP contribution in [0.15, 0.2) is 48.5 Å². The minimum absolute atomic E-state index is 0.0155. The molecule has 5 heteroatoms. The van der Waals surface area contributed by atoms with E-state index in [1.807, 2.05) is 54.3 Å². The van der Waals surface area contributed by atoms with Gasteiger partial charge in [-0.3, -0.25) is 4.90 Å². The summed E-state index contributed by atoms with van der Waals surface area (Å²) in [5.41, 5.74) is 3.26.